The number of carbonyl (C=O) groups excluding carboxylic acids is 1. The maximum atomic E-state index is 11.0. The summed E-state index contributed by atoms with van der Waals surface area (Å²) in [5, 5.41) is 9.47. The van der Waals surface area contributed by atoms with E-state index in [2.05, 4.69) is 55.7 Å². The zero-order chi connectivity index (χ0) is 29.0. The average molecular weight is 565 g/mol. The Morgan fingerprint density at radius 3 is 2.45 bits per heavy atom. The van der Waals surface area contributed by atoms with Crippen molar-refractivity contribution in [2.24, 2.45) is 5.73 Å². The molecular formula is C29H40N6O4Si. The zero-order valence-electron chi connectivity index (χ0n) is 24.5. The molecule has 4 rings (SSSR count). The van der Waals surface area contributed by atoms with Crippen molar-refractivity contribution in [3.8, 4) is 28.3 Å². The number of fused-ring (bicyclic) bond motifs is 1. The summed E-state index contributed by atoms with van der Waals surface area (Å²) in [5.74, 6) is 0.816. The van der Waals surface area contributed by atoms with Gasteiger partial charge in [0.1, 0.15) is 13.1 Å². The standard InChI is InChI=1S/C29H40N6O4Si/c1-19(2)25-26(22-10-8-21(9-11-22)20(3)16-39-29(30)36)33-35(18-38-12-13-40(5,6)7)27(25)23-14-24(37-4)28-31-17-32-34(28)15-23/h8-11,14-15,17,19-20H,12-13,16,18H2,1-7H3,(H2,30,36)/t20-/m1/s1. The Morgan fingerprint density at radius 1 is 1.10 bits per heavy atom. The zero-order valence-corrected chi connectivity index (χ0v) is 25.5. The molecule has 0 aliphatic heterocycles. The van der Waals surface area contributed by atoms with Crippen LogP contribution in [0, 0.1) is 0 Å². The van der Waals surface area contributed by atoms with Gasteiger partial charge in [-0.2, -0.15) is 10.2 Å². The van der Waals surface area contributed by atoms with Gasteiger partial charge in [-0.25, -0.2) is 19.0 Å². The van der Waals surface area contributed by atoms with E-state index in [1.54, 1.807) is 11.6 Å². The van der Waals surface area contributed by atoms with Crippen LogP contribution in [0.5, 0.6) is 5.75 Å². The fourth-order valence-electron chi connectivity index (χ4n) is 4.61. The summed E-state index contributed by atoms with van der Waals surface area (Å²) in [4.78, 5) is 15.4. The molecule has 0 aliphatic rings. The van der Waals surface area contributed by atoms with Crippen molar-refractivity contribution in [2.45, 2.75) is 65.0 Å². The maximum absolute atomic E-state index is 11.0. The Labute approximate surface area is 236 Å². The molecule has 0 radical (unpaired) electrons. The molecule has 40 heavy (non-hydrogen) atoms. The quantitative estimate of drug-likeness (QED) is 0.168. The molecule has 0 fully saturated rings. The summed E-state index contributed by atoms with van der Waals surface area (Å²) in [5.41, 5.74) is 11.7. The van der Waals surface area contributed by atoms with Gasteiger partial charge in [0.25, 0.3) is 0 Å². The van der Waals surface area contributed by atoms with Crippen molar-refractivity contribution in [1.29, 1.82) is 0 Å². The molecule has 1 amide bonds. The second-order valence-electron chi connectivity index (χ2n) is 11.6. The number of aromatic nitrogens is 5. The molecular weight excluding hydrogens is 524 g/mol. The molecule has 0 saturated heterocycles. The number of hydrogen-bond donors (Lipinski definition) is 1. The van der Waals surface area contributed by atoms with E-state index >= 15 is 0 Å². The number of nitrogens with two attached hydrogens (primary N) is 1. The van der Waals surface area contributed by atoms with Gasteiger partial charge in [0, 0.05) is 43.5 Å². The smallest absolute Gasteiger partial charge is 0.404 e. The molecule has 0 unspecified atom stereocenters. The summed E-state index contributed by atoms with van der Waals surface area (Å²) >= 11 is 0. The van der Waals surface area contributed by atoms with Gasteiger partial charge in [-0.15, -0.1) is 0 Å². The van der Waals surface area contributed by atoms with Crippen LogP contribution in [-0.4, -0.2) is 58.9 Å². The van der Waals surface area contributed by atoms with E-state index in [9.17, 15) is 4.79 Å². The molecule has 1 atom stereocenters. The van der Waals surface area contributed by atoms with Crippen LogP contribution in [0.15, 0.2) is 42.9 Å². The first-order valence-electron chi connectivity index (χ1n) is 13.6. The lowest BCUT2D eigenvalue weighted by atomic mass is 9.93. The number of methoxy groups -OCH3 is 1. The van der Waals surface area contributed by atoms with E-state index in [1.807, 2.05) is 36.0 Å². The van der Waals surface area contributed by atoms with Crippen LogP contribution in [0.2, 0.25) is 25.7 Å². The lowest BCUT2D eigenvalue weighted by Gasteiger charge is -2.17. The van der Waals surface area contributed by atoms with Gasteiger partial charge in [0.2, 0.25) is 0 Å². The normalized spacial score (nSPS) is 12.7. The third-order valence-electron chi connectivity index (χ3n) is 6.84. The van der Waals surface area contributed by atoms with Crippen molar-refractivity contribution in [1.82, 2.24) is 24.4 Å². The van der Waals surface area contributed by atoms with Gasteiger partial charge in [0.05, 0.1) is 25.1 Å². The highest BCUT2D eigenvalue weighted by Crippen LogP contribution is 2.39. The van der Waals surface area contributed by atoms with Crippen LogP contribution >= 0.6 is 0 Å². The Morgan fingerprint density at radius 2 is 1.82 bits per heavy atom. The molecule has 0 saturated carbocycles. The summed E-state index contributed by atoms with van der Waals surface area (Å²) in [6.45, 7) is 14.6. The van der Waals surface area contributed by atoms with Crippen molar-refractivity contribution in [3.05, 3.63) is 54.0 Å². The minimum absolute atomic E-state index is 0.0147. The van der Waals surface area contributed by atoms with Crippen molar-refractivity contribution in [2.75, 3.05) is 20.3 Å². The van der Waals surface area contributed by atoms with Crippen LogP contribution < -0.4 is 10.5 Å². The number of primary amides is 1. The Balaban J connectivity index is 1.78. The van der Waals surface area contributed by atoms with Crippen LogP contribution in [0.1, 0.15) is 43.7 Å². The van der Waals surface area contributed by atoms with Crippen molar-refractivity contribution in [3.63, 3.8) is 0 Å². The van der Waals surface area contributed by atoms with E-state index in [4.69, 9.17) is 25.0 Å². The molecule has 4 aromatic rings. The number of amides is 1. The maximum Gasteiger partial charge on any atom is 0.404 e. The fourth-order valence-corrected chi connectivity index (χ4v) is 5.37. The van der Waals surface area contributed by atoms with Gasteiger partial charge in [0.15, 0.2) is 11.4 Å². The predicted molar refractivity (Wildman–Crippen MR) is 158 cm³/mol. The topological polar surface area (TPSA) is 119 Å². The largest absolute Gasteiger partial charge is 0.493 e. The summed E-state index contributed by atoms with van der Waals surface area (Å²) in [6, 6.07) is 11.3. The number of pyridine rings is 1. The molecule has 3 heterocycles. The highest BCUT2D eigenvalue weighted by Gasteiger charge is 2.25. The Bertz CT molecular complexity index is 1460. The number of carbonyl (C=O) groups is 1. The second-order valence-corrected chi connectivity index (χ2v) is 17.2. The molecule has 0 aliphatic carbocycles. The Hall–Kier alpha value is -3.70. The molecule has 10 nitrogen and oxygen atoms in total. The van der Waals surface area contributed by atoms with E-state index in [1.165, 1.54) is 6.33 Å². The molecule has 214 valence electrons. The highest BCUT2D eigenvalue weighted by atomic mass is 28.3. The fraction of sp³-hybridized carbons (Fsp3) is 0.448. The summed E-state index contributed by atoms with van der Waals surface area (Å²) in [7, 11) is 0.399. The number of benzene rings is 1. The molecule has 11 heteroatoms. The van der Waals surface area contributed by atoms with Gasteiger partial charge >= 0.3 is 6.09 Å². The summed E-state index contributed by atoms with van der Waals surface area (Å²) < 4.78 is 20.5. The monoisotopic (exact) mass is 564 g/mol. The number of hydrogen-bond acceptors (Lipinski definition) is 7. The van der Waals surface area contributed by atoms with Gasteiger partial charge in [-0.3, -0.25) is 0 Å². The first kappa shape index (κ1) is 29.3. The van der Waals surface area contributed by atoms with Gasteiger partial charge in [-0.05, 0) is 23.6 Å². The third-order valence-corrected chi connectivity index (χ3v) is 8.54. The van der Waals surface area contributed by atoms with E-state index < -0.39 is 14.2 Å². The van der Waals surface area contributed by atoms with Crippen LogP contribution in [0.3, 0.4) is 0 Å². The van der Waals surface area contributed by atoms with Crippen molar-refractivity contribution >= 4 is 19.8 Å². The highest BCUT2D eigenvalue weighted by molar-refractivity contribution is 6.76. The predicted octanol–water partition coefficient (Wildman–Crippen LogP) is 5.90. The first-order valence-corrected chi connectivity index (χ1v) is 17.3. The average Bonchev–Trinajstić information content (AvgIpc) is 3.53. The molecule has 2 N–H and O–H groups in total. The third kappa shape index (κ3) is 6.71. The van der Waals surface area contributed by atoms with E-state index in [0.717, 1.165) is 39.7 Å². The first-order chi connectivity index (χ1) is 19.0. The Kier molecular flexibility index (Phi) is 8.94. The minimum Gasteiger partial charge on any atom is -0.493 e. The lowest BCUT2D eigenvalue weighted by molar-refractivity contribution is 0.0799. The minimum atomic E-state index is -1.24. The van der Waals surface area contributed by atoms with Crippen LogP contribution in [0.25, 0.3) is 28.2 Å². The van der Waals surface area contributed by atoms with Gasteiger partial charge < -0.3 is 19.9 Å². The summed E-state index contributed by atoms with van der Waals surface area (Å²) in [6.07, 6.45) is 2.71. The van der Waals surface area contributed by atoms with Crippen LogP contribution in [-0.2, 0) is 16.2 Å². The number of rotatable bonds is 12. The SMILES string of the molecule is COc1cc(-c2c(C(C)C)c(-c3ccc([C@H](C)COC(N)=O)cc3)nn2COCC[Si](C)(C)C)cn2ncnc12. The van der Waals surface area contributed by atoms with E-state index in [-0.39, 0.29) is 18.4 Å². The molecule has 1 aromatic carbocycles. The lowest BCUT2D eigenvalue weighted by Crippen LogP contribution is -2.22. The number of ether oxygens (including phenoxy) is 3. The van der Waals surface area contributed by atoms with Crippen LogP contribution in [0.4, 0.5) is 4.79 Å². The number of nitrogens with zero attached hydrogens (tertiary/aromatic N) is 5. The molecule has 3 aromatic heterocycles. The van der Waals surface area contributed by atoms with Crippen molar-refractivity contribution < 1.29 is 19.0 Å². The molecule has 0 spiro atoms. The van der Waals surface area contributed by atoms with E-state index in [0.29, 0.717) is 24.7 Å². The second kappa shape index (κ2) is 12.2. The van der Waals surface area contributed by atoms with Gasteiger partial charge in [-0.1, -0.05) is 64.7 Å². The molecule has 0 bridgehead atoms.